The van der Waals surface area contributed by atoms with E-state index in [1.807, 2.05) is 13.0 Å². The first-order chi connectivity index (χ1) is 11.4. The fraction of sp³-hybridized carbons (Fsp3) is 0.222. The van der Waals surface area contributed by atoms with Gasteiger partial charge in [-0.1, -0.05) is 18.2 Å². The van der Waals surface area contributed by atoms with Crippen molar-refractivity contribution in [1.82, 2.24) is 0 Å². The lowest BCUT2D eigenvalue weighted by molar-refractivity contribution is 0.340. The number of aromatic hydroxyl groups is 1. The lowest BCUT2D eigenvalue weighted by Gasteiger charge is -2.06. The van der Waals surface area contributed by atoms with Crippen LogP contribution in [0.15, 0.2) is 47.9 Å². The van der Waals surface area contributed by atoms with E-state index in [0.29, 0.717) is 23.7 Å². The molecule has 2 rings (SSSR count). The largest absolute Gasteiger partial charge is 0.507 e. The van der Waals surface area contributed by atoms with Crippen LogP contribution < -0.4 is 9.47 Å². The molecule has 0 radical (unpaired) electrons. The minimum atomic E-state index is -3.52. The molecule has 0 saturated heterocycles. The molecule has 2 aromatic carbocycles. The summed E-state index contributed by atoms with van der Waals surface area (Å²) in [5, 5.41) is 11.0. The van der Waals surface area contributed by atoms with Crippen LogP contribution in [0.2, 0.25) is 0 Å². The average Bonchev–Trinajstić information content (AvgIpc) is 2.55. The number of phenols is 1. The lowest BCUT2D eigenvalue weighted by atomic mass is 10.2. The highest BCUT2D eigenvalue weighted by molar-refractivity contribution is 7.93. The minimum absolute atomic E-state index is 0.107. The molecule has 1 N–H and O–H groups in total. The molecule has 0 saturated carbocycles. The maximum atomic E-state index is 12.2. The topological polar surface area (TPSA) is 72.8 Å². The van der Waals surface area contributed by atoms with Crippen LogP contribution in [0, 0.1) is 0 Å². The van der Waals surface area contributed by atoms with Gasteiger partial charge in [0.25, 0.3) is 0 Å². The standard InChI is InChI=1S/C18H20O5S/c1-3-23-17-6-4-5-14(11-17)9-10-24(20,21)13-15-7-8-16(22-2)12-18(15)19/h4-12,19H,3,13H2,1-2H3. The number of methoxy groups -OCH3 is 1. The molecule has 0 atom stereocenters. The maximum absolute atomic E-state index is 12.2. The molecule has 128 valence electrons. The highest BCUT2D eigenvalue weighted by Crippen LogP contribution is 2.25. The lowest BCUT2D eigenvalue weighted by Crippen LogP contribution is -2.00. The molecule has 0 fully saturated rings. The number of hydrogen-bond donors (Lipinski definition) is 1. The van der Waals surface area contributed by atoms with Crippen molar-refractivity contribution >= 4 is 15.9 Å². The molecular weight excluding hydrogens is 328 g/mol. The molecule has 0 aliphatic heterocycles. The fourth-order valence-corrected chi connectivity index (χ4v) is 3.25. The van der Waals surface area contributed by atoms with E-state index >= 15 is 0 Å². The van der Waals surface area contributed by atoms with E-state index in [1.165, 1.54) is 25.3 Å². The zero-order valence-corrected chi connectivity index (χ0v) is 14.4. The Kier molecular flexibility index (Phi) is 5.87. The third-order valence-electron chi connectivity index (χ3n) is 3.29. The van der Waals surface area contributed by atoms with Crippen molar-refractivity contribution in [3.05, 3.63) is 59.0 Å². The van der Waals surface area contributed by atoms with Gasteiger partial charge in [-0.15, -0.1) is 0 Å². The van der Waals surface area contributed by atoms with Crippen LogP contribution in [-0.4, -0.2) is 27.2 Å². The van der Waals surface area contributed by atoms with E-state index in [9.17, 15) is 13.5 Å². The monoisotopic (exact) mass is 348 g/mol. The molecule has 0 unspecified atom stereocenters. The third kappa shape index (κ3) is 5.03. The second kappa shape index (κ2) is 7.88. The summed E-state index contributed by atoms with van der Waals surface area (Å²) < 4.78 is 34.8. The Morgan fingerprint density at radius 3 is 2.58 bits per heavy atom. The number of rotatable bonds is 7. The summed E-state index contributed by atoms with van der Waals surface area (Å²) in [6.07, 6.45) is 1.51. The minimum Gasteiger partial charge on any atom is -0.507 e. The zero-order chi connectivity index (χ0) is 17.6. The predicted octanol–water partition coefficient (Wildman–Crippen LogP) is 3.39. The molecule has 5 nitrogen and oxygen atoms in total. The molecule has 0 amide bonds. The first kappa shape index (κ1) is 17.9. The summed E-state index contributed by atoms with van der Waals surface area (Å²) in [5.74, 6) is 0.760. The van der Waals surface area contributed by atoms with Gasteiger partial charge >= 0.3 is 0 Å². The van der Waals surface area contributed by atoms with Crippen LogP contribution in [0.5, 0.6) is 17.2 Å². The van der Waals surface area contributed by atoms with Crippen molar-refractivity contribution in [2.24, 2.45) is 0 Å². The number of benzene rings is 2. The van der Waals surface area contributed by atoms with Crippen molar-refractivity contribution in [2.45, 2.75) is 12.7 Å². The smallest absolute Gasteiger partial charge is 0.175 e. The van der Waals surface area contributed by atoms with Crippen molar-refractivity contribution in [3.63, 3.8) is 0 Å². The van der Waals surface area contributed by atoms with Crippen molar-refractivity contribution < 1.29 is 23.0 Å². The third-order valence-corrected chi connectivity index (χ3v) is 4.55. The van der Waals surface area contributed by atoms with Gasteiger partial charge in [0.15, 0.2) is 9.84 Å². The van der Waals surface area contributed by atoms with Crippen LogP contribution in [0.1, 0.15) is 18.1 Å². The van der Waals surface area contributed by atoms with Gasteiger partial charge in [0, 0.05) is 17.0 Å². The first-order valence-electron chi connectivity index (χ1n) is 7.43. The molecule has 2 aromatic rings. The summed E-state index contributed by atoms with van der Waals surface area (Å²) in [6, 6.07) is 11.7. The van der Waals surface area contributed by atoms with Gasteiger partial charge in [-0.3, -0.25) is 0 Å². The highest BCUT2D eigenvalue weighted by Gasteiger charge is 2.12. The van der Waals surface area contributed by atoms with Crippen LogP contribution in [-0.2, 0) is 15.6 Å². The first-order valence-corrected chi connectivity index (χ1v) is 9.14. The van der Waals surface area contributed by atoms with Crippen molar-refractivity contribution in [1.29, 1.82) is 0 Å². The van der Waals surface area contributed by atoms with Gasteiger partial charge in [-0.2, -0.15) is 0 Å². The Morgan fingerprint density at radius 1 is 1.12 bits per heavy atom. The van der Waals surface area contributed by atoms with E-state index in [2.05, 4.69) is 0 Å². The molecular formula is C18H20O5S. The summed E-state index contributed by atoms with van der Waals surface area (Å²) >= 11 is 0. The van der Waals surface area contributed by atoms with E-state index in [0.717, 1.165) is 11.0 Å². The number of hydrogen-bond acceptors (Lipinski definition) is 5. The SMILES string of the molecule is CCOc1cccc(C=CS(=O)(=O)Cc2ccc(OC)cc2O)c1. The van der Waals surface area contributed by atoms with Gasteiger partial charge in [0.2, 0.25) is 0 Å². The molecule has 0 spiro atoms. The summed E-state index contributed by atoms with van der Waals surface area (Å²) in [7, 11) is -2.05. The van der Waals surface area contributed by atoms with Gasteiger partial charge in [-0.05, 0) is 36.8 Å². The summed E-state index contributed by atoms with van der Waals surface area (Å²) in [6.45, 7) is 2.43. The molecule has 0 heterocycles. The Balaban J connectivity index is 2.15. The normalized spacial score (nSPS) is 11.6. The highest BCUT2D eigenvalue weighted by atomic mass is 32.2. The Bertz CT molecular complexity index is 825. The van der Waals surface area contributed by atoms with Crippen LogP contribution in [0.4, 0.5) is 0 Å². The second-order valence-electron chi connectivity index (χ2n) is 5.11. The molecule has 0 aliphatic rings. The molecule has 0 aliphatic carbocycles. The average molecular weight is 348 g/mol. The number of sulfone groups is 1. The molecule has 0 aromatic heterocycles. The molecule has 24 heavy (non-hydrogen) atoms. The van der Waals surface area contributed by atoms with Gasteiger partial charge in [0.05, 0.1) is 19.5 Å². The maximum Gasteiger partial charge on any atom is 0.175 e. The van der Waals surface area contributed by atoms with E-state index in [1.54, 1.807) is 24.3 Å². The molecule has 0 bridgehead atoms. The summed E-state index contributed by atoms with van der Waals surface area (Å²) in [4.78, 5) is 0. The van der Waals surface area contributed by atoms with E-state index in [4.69, 9.17) is 9.47 Å². The van der Waals surface area contributed by atoms with Crippen LogP contribution in [0.3, 0.4) is 0 Å². The van der Waals surface area contributed by atoms with Crippen LogP contribution >= 0.6 is 0 Å². The van der Waals surface area contributed by atoms with Gasteiger partial charge in [0.1, 0.15) is 17.2 Å². The fourth-order valence-electron chi connectivity index (χ4n) is 2.11. The van der Waals surface area contributed by atoms with Gasteiger partial charge in [-0.25, -0.2) is 8.42 Å². The number of phenolic OH excluding ortho intramolecular Hbond substituents is 1. The zero-order valence-electron chi connectivity index (χ0n) is 13.6. The second-order valence-corrected chi connectivity index (χ2v) is 7.00. The quantitative estimate of drug-likeness (QED) is 0.830. The summed E-state index contributed by atoms with van der Waals surface area (Å²) in [5.41, 5.74) is 1.05. The Labute approximate surface area is 142 Å². The Hall–Kier alpha value is -2.47. The number of ether oxygens (including phenoxy) is 2. The molecule has 6 heteroatoms. The van der Waals surface area contributed by atoms with Crippen LogP contribution in [0.25, 0.3) is 6.08 Å². The van der Waals surface area contributed by atoms with E-state index in [-0.39, 0.29) is 11.5 Å². The van der Waals surface area contributed by atoms with Crippen molar-refractivity contribution in [3.8, 4) is 17.2 Å². The van der Waals surface area contributed by atoms with Crippen molar-refractivity contribution in [2.75, 3.05) is 13.7 Å². The Morgan fingerprint density at radius 2 is 1.92 bits per heavy atom. The van der Waals surface area contributed by atoms with Gasteiger partial charge < -0.3 is 14.6 Å². The predicted molar refractivity (Wildman–Crippen MR) is 93.9 cm³/mol. The van der Waals surface area contributed by atoms with E-state index < -0.39 is 9.84 Å².